The van der Waals surface area contributed by atoms with Gasteiger partial charge in [-0.05, 0) is 35.4 Å². The summed E-state index contributed by atoms with van der Waals surface area (Å²) in [5.41, 5.74) is 8.96. The molecule has 0 unspecified atom stereocenters. The zero-order chi connectivity index (χ0) is 21.6. The highest BCUT2D eigenvalue weighted by atomic mass is 16.1. The lowest BCUT2D eigenvalue weighted by molar-refractivity contribution is -0.115. The number of carbonyl (C=O) groups is 2. The van der Waals surface area contributed by atoms with Gasteiger partial charge < -0.3 is 16.4 Å². The molecule has 0 fully saturated rings. The van der Waals surface area contributed by atoms with Gasteiger partial charge in [-0.1, -0.05) is 48.5 Å². The van der Waals surface area contributed by atoms with E-state index in [0.29, 0.717) is 35.2 Å². The molecule has 0 bridgehead atoms. The van der Waals surface area contributed by atoms with Gasteiger partial charge in [0.15, 0.2) is 0 Å². The van der Waals surface area contributed by atoms with Gasteiger partial charge in [-0.25, -0.2) is 9.97 Å². The largest absolute Gasteiger partial charge is 0.366 e. The second kappa shape index (κ2) is 9.04. The predicted molar refractivity (Wildman–Crippen MR) is 121 cm³/mol. The highest BCUT2D eigenvalue weighted by Crippen LogP contribution is 2.23. The summed E-state index contributed by atoms with van der Waals surface area (Å²) in [7, 11) is 0. The van der Waals surface area contributed by atoms with Crippen LogP contribution < -0.4 is 16.4 Å². The molecule has 0 aliphatic carbocycles. The first-order valence-electron chi connectivity index (χ1n) is 9.80. The minimum absolute atomic E-state index is 0.0721. The summed E-state index contributed by atoms with van der Waals surface area (Å²) in [6.07, 6.45) is 1.72. The molecule has 4 aromatic rings. The van der Waals surface area contributed by atoms with Crippen LogP contribution in [0.5, 0.6) is 0 Å². The number of hydrogen-bond acceptors (Lipinski definition) is 5. The van der Waals surface area contributed by atoms with E-state index in [1.165, 1.54) is 6.33 Å². The smallest absolute Gasteiger partial charge is 0.250 e. The third-order valence-electron chi connectivity index (χ3n) is 4.81. The predicted octanol–water partition coefficient (Wildman–Crippen LogP) is 3.52. The molecule has 0 radical (unpaired) electrons. The molecule has 0 atom stereocenters. The van der Waals surface area contributed by atoms with Crippen LogP contribution >= 0.6 is 0 Å². The number of nitrogens with two attached hydrogens (primary N) is 1. The Kier molecular flexibility index (Phi) is 5.84. The van der Waals surface area contributed by atoms with Crippen LogP contribution in [-0.2, 0) is 17.8 Å². The fourth-order valence-electron chi connectivity index (χ4n) is 3.36. The minimum atomic E-state index is -0.533. The standard InChI is InChI=1S/C24H21N5O2/c25-23(31)19-10-5-11-20-22(19)27-15-28-24(20)26-14-17-8-4-9-18(12-17)29-21(30)13-16-6-2-1-3-7-16/h1-12,15H,13-14H2,(H2,25,31)(H,29,30)(H,26,27,28). The van der Waals surface area contributed by atoms with Crippen molar-refractivity contribution >= 4 is 34.2 Å². The molecule has 1 aromatic heterocycles. The maximum absolute atomic E-state index is 12.3. The van der Waals surface area contributed by atoms with Gasteiger partial charge in [-0.2, -0.15) is 0 Å². The Bertz CT molecular complexity index is 1240. The molecule has 0 spiro atoms. The lowest BCUT2D eigenvalue weighted by Gasteiger charge is -2.11. The summed E-state index contributed by atoms with van der Waals surface area (Å²) < 4.78 is 0. The Morgan fingerprint density at radius 1 is 0.871 bits per heavy atom. The van der Waals surface area contributed by atoms with Crippen LogP contribution in [-0.4, -0.2) is 21.8 Å². The number of fused-ring (bicyclic) bond motifs is 1. The molecule has 2 amide bonds. The summed E-state index contributed by atoms with van der Waals surface area (Å²) in [6.45, 7) is 0.481. The second-order valence-corrected chi connectivity index (χ2v) is 7.05. The van der Waals surface area contributed by atoms with E-state index >= 15 is 0 Å². The van der Waals surface area contributed by atoms with Crippen molar-refractivity contribution in [3.63, 3.8) is 0 Å². The number of nitrogens with zero attached hydrogens (tertiary/aromatic N) is 2. The molecular formula is C24H21N5O2. The lowest BCUT2D eigenvalue weighted by atomic mass is 10.1. The molecule has 3 aromatic carbocycles. The molecule has 7 heteroatoms. The molecule has 0 saturated carbocycles. The van der Waals surface area contributed by atoms with E-state index in [0.717, 1.165) is 16.8 Å². The van der Waals surface area contributed by atoms with E-state index in [1.807, 2.05) is 60.7 Å². The number of nitrogens with one attached hydrogen (secondary N) is 2. The van der Waals surface area contributed by atoms with Gasteiger partial charge in [0.05, 0.1) is 17.5 Å². The first kappa shape index (κ1) is 20.0. The lowest BCUT2D eigenvalue weighted by Crippen LogP contribution is -2.14. The van der Waals surface area contributed by atoms with Gasteiger partial charge >= 0.3 is 0 Å². The van der Waals surface area contributed by atoms with Crippen LogP contribution in [0.25, 0.3) is 10.9 Å². The topological polar surface area (TPSA) is 110 Å². The molecule has 154 valence electrons. The summed E-state index contributed by atoms with van der Waals surface area (Å²) in [5, 5.41) is 6.92. The van der Waals surface area contributed by atoms with Crippen molar-refractivity contribution < 1.29 is 9.59 Å². The number of rotatable bonds is 7. The van der Waals surface area contributed by atoms with E-state index in [2.05, 4.69) is 20.6 Å². The van der Waals surface area contributed by atoms with Crippen molar-refractivity contribution in [3.8, 4) is 0 Å². The normalized spacial score (nSPS) is 10.6. The van der Waals surface area contributed by atoms with Crippen LogP contribution in [0.3, 0.4) is 0 Å². The number of carbonyl (C=O) groups excluding carboxylic acids is 2. The van der Waals surface area contributed by atoms with Crippen molar-refractivity contribution in [1.29, 1.82) is 0 Å². The highest BCUT2D eigenvalue weighted by Gasteiger charge is 2.11. The van der Waals surface area contributed by atoms with E-state index in [1.54, 1.807) is 12.1 Å². The van der Waals surface area contributed by atoms with Gasteiger partial charge in [0, 0.05) is 17.6 Å². The maximum atomic E-state index is 12.3. The Morgan fingerprint density at radius 3 is 2.45 bits per heavy atom. The average Bonchev–Trinajstić information content (AvgIpc) is 2.78. The summed E-state index contributed by atoms with van der Waals surface area (Å²) in [4.78, 5) is 32.5. The number of benzene rings is 3. The summed E-state index contributed by atoms with van der Waals surface area (Å²) in [5.74, 6) is -0.00195. The SMILES string of the molecule is NC(=O)c1cccc2c(NCc3cccc(NC(=O)Cc4ccccc4)c3)ncnc12. The van der Waals surface area contributed by atoms with Crippen LogP contribution in [0.15, 0.2) is 79.1 Å². The monoisotopic (exact) mass is 411 g/mol. The summed E-state index contributed by atoms with van der Waals surface area (Å²) in [6, 6.07) is 22.4. The summed E-state index contributed by atoms with van der Waals surface area (Å²) >= 11 is 0. The van der Waals surface area contributed by atoms with E-state index < -0.39 is 5.91 Å². The number of hydrogen-bond donors (Lipinski definition) is 3. The van der Waals surface area contributed by atoms with Crippen molar-refractivity contribution in [2.24, 2.45) is 5.73 Å². The number of para-hydroxylation sites is 1. The zero-order valence-corrected chi connectivity index (χ0v) is 16.7. The molecule has 0 aliphatic rings. The fraction of sp³-hybridized carbons (Fsp3) is 0.0833. The Balaban J connectivity index is 1.46. The fourth-order valence-corrected chi connectivity index (χ4v) is 3.36. The number of amides is 2. The van der Waals surface area contributed by atoms with Crippen molar-refractivity contribution in [3.05, 3.63) is 95.8 Å². The molecule has 31 heavy (non-hydrogen) atoms. The Morgan fingerprint density at radius 2 is 1.65 bits per heavy atom. The third-order valence-corrected chi connectivity index (χ3v) is 4.81. The number of anilines is 2. The first-order valence-corrected chi connectivity index (χ1v) is 9.80. The highest BCUT2D eigenvalue weighted by molar-refractivity contribution is 6.06. The maximum Gasteiger partial charge on any atom is 0.250 e. The van der Waals surface area contributed by atoms with Gasteiger partial charge in [0.25, 0.3) is 5.91 Å². The van der Waals surface area contributed by atoms with Crippen LogP contribution in [0, 0.1) is 0 Å². The van der Waals surface area contributed by atoms with Crippen LogP contribution in [0.4, 0.5) is 11.5 Å². The zero-order valence-electron chi connectivity index (χ0n) is 16.7. The Hall–Kier alpha value is -4.26. The second-order valence-electron chi connectivity index (χ2n) is 7.05. The Labute approximate surface area is 179 Å². The molecule has 1 heterocycles. The number of aromatic nitrogens is 2. The van der Waals surface area contributed by atoms with Crippen LogP contribution in [0.1, 0.15) is 21.5 Å². The van der Waals surface area contributed by atoms with Gasteiger partial charge in [0.1, 0.15) is 12.1 Å². The van der Waals surface area contributed by atoms with Gasteiger partial charge in [0.2, 0.25) is 5.91 Å². The molecule has 4 rings (SSSR count). The molecular weight excluding hydrogens is 390 g/mol. The van der Waals surface area contributed by atoms with E-state index in [9.17, 15) is 9.59 Å². The van der Waals surface area contributed by atoms with Gasteiger partial charge in [-0.15, -0.1) is 0 Å². The van der Waals surface area contributed by atoms with Crippen molar-refractivity contribution in [2.75, 3.05) is 10.6 Å². The minimum Gasteiger partial charge on any atom is -0.366 e. The van der Waals surface area contributed by atoms with Crippen LogP contribution in [0.2, 0.25) is 0 Å². The van der Waals surface area contributed by atoms with Crippen molar-refractivity contribution in [1.82, 2.24) is 9.97 Å². The number of primary amides is 1. The molecule has 0 saturated heterocycles. The molecule has 7 nitrogen and oxygen atoms in total. The average molecular weight is 411 g/mol. The van der Waals surface area contributed by atoms with E-state index in [4.69, 9.17) is 5.73 Å². The van der Waals surface area contributed by atoms with Gasteiger partial charge in [-0.3, -0.25) is 9.59 Å². The van der Waals surface area contributed by atoms with E-state index in [-0.39, 0.29) is 5.91 Å². The first-order chi connectivity index (χ1) is 15.1. The molecule has 0 aliphatic heterocycles. The third kappa shape index (κ3) is 4.84. The molecule has 4 N–H and O–H groups in total. The van der Waals surface area contributed by atoms with Crippen molar-refractivity contribution in [2.45, 2.75) is 13.0 Å². The quantitative estimate of drug-likeness (QED) is 0.431.